The normalized spacial score (nSPS) is 14.4. The second-order valence-electron chi connectivity index (χ2n) is 5.29. The Balaban J connectivity index is 1.63. The fourth-order valence-corrected chi connectivity index (χ4v) is 3.44. The van der Waals surface area contributed by atoms with Crippen LogP contribution in [0.3, 0.4) is 0 Å². The Morgan fingerprint density at radius 3 is 2.76 bits per heavy atom. The molecule has 1 aliphatic rings. The van der Waals surface area contributed by atoms with Crippen LogP contribution >= 0.6 is 23.4 Å². The van der Waals surface area contributed by atoms with Crippen molar-refractivity contribution in [3.8, 4) is 0 Å². The van der Waals surface area contributed by atoms with Crippen LogP contribution in [0.4, 0.5) is 4.39 Å². The van der Waals surface area contributed by atoms with Crippen LogP contribution in [-0.2, 0) is 12.3 Å². The summed E-state index contributed by atoms with van der Waals surface area (Å²) in [6.07, 6.45) is 2.58. The fourth-order valence-electron chi connectivity index (χ4n) is 2.12. The molecular weight excluding hydrogens is 305 g/mol. The van der Waals surface area contributed by atoms with Gasteiger partial charge in [0.1, 0.15) is 5.82 Å². The summed E-state index contributed by atoms with van der Waals surface area (Å²) < 4.78 is 13.7. The van der Waals surface area contributed by atoms with Gasteiger partial charge in [-0.3, -0.25) is 0 Å². The van der Waals surface area contributed by atoms with Crippen molar-refractivity contribution in [2.75, 3.05) is 0 Å². The molecule has 0 atom stereocenters. The maximum absolute atomic E-state index is 13.7. The minimum atomic E-state index is -0.235. The lowest BCUT2D eigenvalue weighted by atomic mass is 10.2. The van der Waals surface area contributed by atoms with E-state index in [-0.39, 0.29) is 5.82 Å². The third-order valence-electron chi connectivity index (χ3n) is 3.52. The van der Waals surface area contributed by atoms with Gasteiger partial charge < -0.3 is 5.32 Å². The van der Waals surface area contributed by atoms with E-state index < -0.39 is 0 Å². The molecule has 3 rings (SSSR count). The zero-order valence-corrected chi connectivity index (χ0v) is 13.2. The van der Waals surface area contributed by atoms with Crippen LogP contribution in [0, 0.1) is 5.82 Å². The molecule has 1 nitrogen and oxygen atoms in total. The molecule has 0 radical (unpaired) electrons. The number of rotatable bonds is 6. The highest BCUT2D eigenvalue weighted by molar-refractivity contribution is 7.98. The lowest BCUT2D eigenvalue weighted by molar-refractivity contribution is 0.617. The first-order valence-electron chi connectivity index (χ1n) is 7.10. The SMILES string of the molecule is Fc1cccc(Cl)c1CSc1cccc(CNC2CC2)c1. The van der Waals surface area contributed by atoms with Gasteiger partial charge in [0.15, 0.2) is 0 Å². The van der Waals surface area contributed by atoms with Gasteiger partial charge in [-0.1, -0.05) is 29.8 Å². The molecular formula is C17H17ClFNS. The summed E-state index contributed by atoms with van der Waals surface area (Å²) >= 11 is 7.67. The molecule has 0 bridgehead atoms. The Morgan fingerprint density at radius 2 is 2.00 bits per heavy atom. The van der Waals surface area contributed by atoms with Gasteiger partial charge in [0.05, 0.1) is 0 Å². The first kappa shape index (κ1) is 14.9. The first-order valence-corrected chi connectivity index (χ1v) is 8.47. The van der Waals surface area contributed by atoms with Gasteiger partial charge in [-0.15, -0.1) is 11.8 Å². The maximum atomic E-state index is 13.7. The molecule has 110 valence electrons. The average Bonchev–Trinajstić information content (AvgIpc) is 3.29. The second-order valence-corrected chi connectivity index (χ2v) is 6.75. The molecule has 0 unspecified atom stereocenters. The lowest BCUT2D eigenvalue weighted by Gasteiger charge is -2.08. The van der Waals surface area contributed by atoms with Gasteiger partial charge >= 0.3 is 0 Å². The first-order chi connectivity index (χ1) is 10.2. The summed E-state index contributed by atoms with van der Waals surface area (Å²) in [5, 5.41) is 4.00. The van der Waals surface area contributed by atoms with Crippen molar-refractivity contribution < 1.29 is 4.39 Å². The van der Waals surface area contributed by atoms with Crippen LogP contribution < -0.4 is 5.32 Å². The molecule has 1 fully saturated rings. The number of benzene rings is 2. The summed E-state index contributed by atoms with van der Waals surface area (Å²) in [6.45, 7) is 0.902. The fraction of sp³-hybridized carbons (Fsp3) is 0.294. The quantitative estimate of drug-likeness (QED) is 0.749. The maximum Gasteiger partial charge on any atom is 0.128 e. The Hall–Kier alpha value is -1.03. The van der Waals surface area contributed by atoms with Crippen molar-refractivity contribution in [1.82, 2.24) is 5.32 Å². The van der Waals surface area contributed by atoms with E-state index in [4.69, 9.17) is 11.6 Å². The Morgan fingerprint density at radius 1 is 1.19 bits per heavy atom. The zero-order valence-electron chi connectivity index (χ0n) is 11.6. The highest BCUT2D eigenvalue weighted by Crippen LogP contribution is 2.29. The Labute approximate surface area is 133 Å². The topological polar surface area (TPSA) is 12.0 Å². The molecule has 0 heterocycles. The third-order valence-corrected chi connectivity index (χ3v) is 4.89. The van der Waals surface area contributed by atoms with Crippen molar-refractivity contribution >= 4 is 23.4 Å². The molecule has 4 heteroatoms. The summed E-state index contributed by atoms with van der Waals surface area (Å²) in [4.78, 5) is 1.14. The standard InChI is InChI=1S/C17H17ClFNS/c18-16-5-2-6-17(19)15(16)11-21-14-4-1-3-12(9-14)10-20-13-7-8-13/h1-6,9,13,20H,7-8,10-11H2. The van der Waals surface area contributed by atoms with E-state index in [9.17, 15) is 4.39 Å². The highest BCUT2D eigenvalue weighted by Gasteiger charge is 2.19. The van der Waals surface area contributed by atoms with Crippen molar-refractivity contribution in [2.45, 2.75) is 36.1 Å². The summed E-state index contributed by atoms with van der Waals surface area (Å²) in [5.41, 5.74) is 1.84. The molecule has 1 aliphatic carbocycles. The van der Waals surface area contributed by atoms with E-state index in [1.54, 1.807) is 23.9 Å². The van der Waals surface area contributed by atoms with Crippen LogP contribution in [-0.4, -0.2) is 6.04 Å². The minimum Gasteiger partial charge on any atom is -0.310 e. The summed E-state index contributed by atoms with van der Waals surface area (Å²) in [7, 11) is 0. The molecule has 0 aromatic heterocycles. The number of hydrogen-bond acceptors (Lipinski definition) is 2. The highest BCUT2D eigenvalue weighted by atomic mass is 35.5. The molecule has 1 saturated carbocycles. The summed E-state index contributed by atoms with van der Waals surface area (Å²) in [6, 6.07) is 13.9. The predicted octanol–water partition coefficient (Wildman–Crippen LogP) is 5.02. The van der Waals surface area contributed by atoms with Gasteiger partial charge in [-0.05, 0) is 42.7 Å². The van der Waals surface area contributed by atoms with E-state index in [2.05, 4.69) is 29.6 Å². The van der Waals surface area contributed by atoms with E-state index >= 15 is 0 Å². The Kier molecular flexibility index (Phi) is 4.84. The number of nitrogens with one attached hydrogen (secondary N) is 1. The molecule has 2 aromatic rings. The molecule has 0 aliphatic heterocycles. The van der Waals surface area contributed by atoms with Crippen LogP contribution in [0.15, 0.2) is 47.4 Å². The number of halogens is 2. The average molecular weight is 322 g/mol. The monoisotopic (exact) mass is 321 g/mol. The third kappa shape index (κ3) is 4.22. The van der Waals surface area contributed by atoms with Crippen LogP contribution in [0.5, 0.6) is 0 Å². The van der Waals surface area contributed by atoms with Gasteiger partial charge in [0.2, 0.25) is 0 Å². The molecule has 0 amide bonds. The molecule has 1 N–H and O–H groups in total. The van der Waals surface area contributed by atoms with Crippen molar-refractivity contribution in [3.05, 3.63) is 64.4 Å². The van der Waals surface area contributed by atoms with Crippen molar-refractivity contribution in [2.24, 2.45) is 0 Å². The molecule has 2 aromatic carbocycles. The summed E-state index contributed by atoms with van der Waals surface area (Å²) in [5.74, 6) is 0.312. The molecule has 21 heavy (non-hydrogen) atoms. The molecule has 0 saturated heterocycles. The van der Waals surface area contributed by atoms with Gasteiger partial charge in [-0.2, -0.15) is 0 Å². The number of hydrogen-bond donors (Lipinski definition) is 1. The van der Waals surface area contributed by atoms with E-state index in [0.717, 1.165) is 11.4 Å². The van der Waals surface area contributed by atoms with Gasteiger partial charge in [-0.25, -0.2) is 4.39 Å². The number of thioether (sulfide) groups is 1. The van der Waals surface area contributed by atoms with E-state index in [0.29, 0.717) is 22.4 Å². The zero-order chi connectivity index (χ0) is 14.7. The second kappa shape index (κ2) is 6.82. The molecule has 0 spiro atoms. The smallest absolute Gasteiger partial charge is 0.128 e. The van der Waals surface area contributed by atoms with Crippen molar-refractivity contribution in [1.29, 1.82) is 0 Å². The van der Waals surface area contributed by atoms with E-state index in [1.807, 2.05) is 0 Å². The minimum absolute atomic E-state index is 0.235. The van der Waals surface area contributed by atoms with E-state index in [1.165, 1.54) is 24.5 Å². The van der Waals surface area contributed by atoms with Gasteiger partial charge in [0.25, 0.3) is 0 Å². The van der Waals surface area contributed by atoms with Crippen LogP contribution in [0.2, 0.25) is 5.02 Å². The lowest BCUT2D eigenvalue weighted by Crippen LogP contribution is -2.15. The largest absolute Gasteiger partial charge is 0.310 e. The predicted molar refractivity (Wildman–Crippen MR) is 87.3 cm³/mol. The van der Waals surface area contributed by atoms with Crippen LogP contribution in [0.1, 0.15) is 24.0 Å². The van der Waals surface area contributed by atoms with Crippen molar-refractivity contribution in [3.63, 3.8) is 0 Å². The van der Waals surface area contributed by atoms with Gasteiger partial charge in [0, 0.05) is 33.8 Å². The Bertz CT molecular complexity index is 608. The van der Waals surface area contributed by atoms with Crippen LogP contribution in [0.25, 0.3) is 0 Å².